The van der Waals surface area contributed by atoms with Gasteiger partial charge in [0.25, 0.3) is 0 Å². The molecule has 0 radical (unpaired) electrons. The van der Waals surface area contributed by atoms with Gasteiger partial charge in [-0.15, -0.1) is 0 Å². The number of hydrogen-bond acceptors (Lipinski definition) is 3. The van der Waals surface area contributed by atoms with Crippen molar-refractivity contribution in [3.8, 4) is 0 Å². The van der Waals surface area contributed by atoms with E-state index in [0.717, 1.165) is 0 Å². The Hall–Kier alpha value is -1.36. The largest absolute Gasteiger partial charge is 0.478 e. The molecule has 90 valence electrons. The lowest BCUT2D eigenvalue weighted by atomic mass is 10.1. The maximum Gasteiger partial charge on any atom is 0.331 e. The fraction of sp³-hybridized carbons (Fsp3) is 0.636. The van der Waals surface area contributed by atoms with Crippen molar-refractivity contribution in [3.05, 3.63) is 11.1 Å². The zero-order chi connectivity index (χ0) is 12.3. The molecular weight excluding hydrogens is 210 g/mol. The summed E-state index contributed by atoms with van der Waals surface area (Å²) in [5, 5.41) is 8.80. The van der Waals surface area contributed by atoms with Gasteiger partial charge in [0.15, 0.2) is 0 Å². The Morgan fingerprint density at radius 2 is 1.94 bits per heavy atom. The van der Waals surface area contributed by atoms with Gasteiger partial charge >= 0.3 is 5.97 Å². The molecule has 1 saturated heterocycles. The average Bonchev–Trinajstić information content (AvgIpc) is 2.26. The van der Waals surface area contributed by atoms with Crippen LogP contribution in [0.25, 0.3) is 0 Å². The molecule has 0 aromatic carbocycles. The summed E-state index contributed by atoms with van der Waals surface area (Å²) in [7, 11) is 0. The quantitative estimate of drug-likeness (QED) is 0.703. The number of carboxylic acids is 1. The van der Waals surface area contributed by atoms with Crippen LogP contribution in [0.4, 0.5) is 0 Å². The van der Waals surface area contributed by atoms with Gasteiger partial charge in [0.2, 0.25) is 5.91 Å². The lowest BCUT2D eigenvalue weighted by Crippen LogP contribution is -2.45. The molecule has 1 fully saturated rings. The van der Waals surface area contributed by atoms with Crippen molar-refractivity contribution in [3.63, 3.8) is 0 Å². The van der Waals surface area contributed by atoms with E-state index in [1.165, 1.54) is 6.92 Å². The number of ether oxygens (including phenoxy) is 1. The number of morpholine rings is 1. The molecule has 1 amide bonds. The van der Waals surface area contributed by atoms with Crippen LogP contribution in [-0.2, 0) is 14.3 Å². The zero-order valence-corrected chi connectivity index (χ0v) is 9.82. The SMILES string of the molecule is CC(C(=O)O)=C(C)C(=O)N1CCOC(C)C1. The Bertz CT molecular complexity index is 335. The molecule has 16 heavy (non-hydrogen) atoms. The summed E-state index contributed by atoms with van der Waals surface area (Å²) in [6.45, 7) is 6.43. The fourth-order valence-corrected chi connectivity index (χ4v) is 1.56. The maximum atomic E-state index is 11.9. The molecule has 1 rings (SSSR count). The number of rotatable bonds is 2. The Labute approximate surface area is 94.7 Å². The molecule has 1 atom stereocenters. The summed E-state index contributed by atoms with van der Waals surface area (Å²) < 4.78 is 5.32. The maximum absolute atomic E-state index is 11.9. The summed E-state index contributed by atoms with van der Waals surface area (Å²) in [6.07, 6.45) is 0.00985. The first-order valence-corrected chi connectivity index (χ1v) is 5.25. The number of carbonyl (C=O) groups excluding carboxylic acids is 1. The third kappa shape index (κ3) is 2.82. The Kier molecular flexibility index (Phi) is 4.06. The van der Waals surface area contributed by atoms with E-state index < -0.39 is 5.97 Å². The minimum absolute atomic E-state index is 0.00985. The highest BCUT2D eigenvalue weighted by molar-refractivity contribution is 6.01. The van der Waals surface area contributed by atoms with Crippen molar-refractivity contribution >= 4 is 11.9 Å². The highest BCUT2D eigenvalue weighted by Gasteiger charge is 2.24. The second-order valence-electron chi connectivity index (χ2n) is 3.99. The number of nitrogens with zero attached hydrogens (tertiary/aromatic N) is 1. The van der Waals surface area contributed by atoms with Gasteiger partial charge < -0.3 is 14.7 Å². The van der Waals surface area contributed by atoms with Gasteiger partial charge in [0.05, 0.1) is 12.7 Å². The van der Waals surface area contributed by atoms with Crippen molar-refractivity contribution in [2.75, 3.05) is 19.7 Å². The monoisotopic (exact) mass is 227 g/mol. The van der Waals surface area contributed by atoms with Gasteiger partial charge in [-0.05, 0) is 20.8 Å². The number of carboxylic acid groups (broad SMARTS) is 1. The van der Waals surface area contributed by atoms with Crippen molar-refractivity contribution < 1.29 is 19.4 Å². The predicted octanol–water partition coefficient (Wildman–Crippen LogP) is 0.655. The van der Waals surface area contributed by atoms with Gasteiger partial charge in [-0.2, -0.15) is 0 Å². The normalized spacial score (nSPS) is 22.7. The van der Waals surface area contributed by atoms with Gasteiger partial charge in [-0.3, -0.25) is 4.79 Å². The van der Waals surface area contributed by atoms with Crippen LogP contribution in [0.2, 0.25) is 0 Å². The van der Waals surface area contributed by atoms with Crippen LogP contribution in [0.1, 0.15) is 20.8 Å². The molecule has 1 N–H and O–H groups in total. The predicted molar refractivity (Wildman–Crippen MR) is 58.0 cm³/mol. The molecule has 1 aliphatic rings. The first-order valence-electron chi connectivity index (χ1n) is 5.25. The minimum Gasteiger partial charge on any atom is -0.478 e. The molecular formula is C11H17NO4. The molecule has 0 saturated carbocycles. The van der Waals surface area contributed by atoms with E-state index in [4.69, 9.17) is 9.84 Å². The van der Waals surface area contributed by atoms with Crippen LogP contribution in [0, 0.1) is 0 Å². The molecule has 0 bridgehead atoms. The van der Waals surface area contributed by atoms with Crippen LogP contribution in [0.15, 0.2) is 11.1 Å². The highest BCUT2D eigenvalue weighted by atomic mass is 16.5. The fourth-order valence-electron chi connectivity index (χ4n) is 1.56. The van der Waals surface area contributed by atoms with Crippen molar-refractivity contribution in [1.82, 2.24) is 4.90 Å². The topological polar surface area (TPSA) is 66.8 Å². The number of carbonyl (C=O) groups is 2. The molecule has 1 heterocycles. The summed E-state index contributed by atoms with van der Waals surface area (Å²) in [6, 6.07) is 0. The molecule has 0 aromatic heterocycles. The molecule has 5 nitrogen and oxygen atoms in total. The smallest absolute Gasteiger partial charge is 0.331 e. The first kappa shape index (κ1) is 12.7. The van der Waals surface area contributed by atoms with Crippen molar-refractivity contribution in [2.45, 2.75) is 26.9 Å². The first-order chi connectivity index (χ1) is 7.43. The summed E-state index contributed by atoms with van der Waals surface area (Å²) in [5.41, 5.74) is 0.394. The lowest BCUT2D eigenvalue weighted by molar-refractivity contribution is -0.136. The van der Waals surface area contributed by atoms with Gasteiger partial charge in [0, 0.05) is 24.2 Å². The number of aliphatic carboxylic acids is 1. The Balaban J connectivity index is 2.77. The van der Waals surface area contributed by atoms with E-state index >= 15 is 0 Å². The molecule has 5 heteroatoms. The standard InChI is InChI=1S/C11H17NO4/c1-7-6-12(4-5-16-7)10(13)8(2)9(3)11(14)15/h7H,4-6H2,1-3H3,(H,14,15). The Morgan fingerprint density at radius 1 is 1.31 bits per heavy atom. The second-order valence-corrected chi connectivity index (χ2v) is 3.99. The van der Waals surface area contributed by atoms with Crippen molar-refractivity contribution in [2.24, 2.45) is 0 Å². The van der Waals surface area contributed by atoms with E-state index in [1.54, 1.807) is 11.8 Å². The molecule has 1 unspecified atom stereocenters. The van der Waals surface area contributed by atoms with Crippen LogP contribution < -0.4 is 0 Å². The highest BCUT2D eigenvalue weighted by Crippen LogP contribution is 2.12. The minimum atomic E-state index is -1.05. The van der Waals surface area contributed by atoms with Crippen LogP contribution >= 0.6 is 0 Å². The summed E-state index contributed by atoms with van der Waals surface area (Å²) >= 11 is 0. The van der Waals surface area contributed by atoms with E-state index in [9.17, 15) is 9.59 Å². The second kappa shape index (κ2) is 5.12. The Morgan fingerprint density at radius 3 is 2.44 bits per heavy atom. The third-order valence-corrected chi connectivity index (χ3v) is 2.73. The number of hydrogen-bond donors (Lipinski definition) is 1. The zero-order valence-electron chi connectivity index (χ0n) is 9.82. The van der Waals surface area contributed by atoms with Gasteiger partial charge in [-0.25, -0.2) is 4.79 Å². The molecule has 0 spiro atoms. The van der Waals surface area contributed by atoms with E-state index in [2.05, 4.69) is 0 Å². The van der Waals surface area contributed by atoms with Crippen LogP contribution in [-0.4, -0.2) is 47.7 Å². The van der Waals surface area contributed by atoms with Crippen molar-refractivity contribution in [1.29, 1.82) is 0 Å². The van der Waals surface area contributed by atoms with E-state index in [0.29, 0.717) is 25.3 Å². The summed E-state index contributed by atoms with van der Waals surface area (Å²) in [5.74, 6) is -1.26. The van der Waals surface area contributed by atoms with Gasteiger partial charge in [0.1, 0.15) is 0 Å². The third-order valence-electron chi connectivity index (χ3n) is 2.73. The van der Waals surface area contributed by atoms with E-state index in [-0.39, 0.29) is 17.6 Å². The average molecular weight is 227 g/mol. The molecule has 0 aliphatic carbocycles. The molecule has 0 aromatic rings. The lowest BCUT2D eigenvalue weighted by Gasteiger charge is -2.31. The van der Waals surface area contributed by atoms with E-state index in [1.807, 2.05) is 6.92 Å². The van der Waals surface area contributed by atoms with Crippen LogP contribution in [0.3, 0.4) is 0 Å². The number of amides is 1. The van der Waals surface area contributed by atoms with Crippen LogP contribution in [0.5, 0.6) is 0 Å². The van der Waals surface area contributed by atoms with Gasteiger partial charge in [-0.1, -0.05) is 0 Å². The summed E-state index contributed by atoms with van der Waals surface area (Å²) in [4.78, 5) is 24.3. The molecule has 1 aliphatic heterocycles.